The van der Waals surface area contributed by atoms with Crippen molar-refractivity contribution in [1.82, 2.24) is 4.98 Å². The Bertz CT molecular complexity index is 706. The molecule has 2 heteroatoms. The van der Waals surface area contributed by atoms with E-state index >= 15 is 0 Å². The number of benzene rings is 1. The zero-order valence-electron chi connectivity index (χ0n) is 24.2. The van der Waals surface area contributed by atoms with E-state index in [0.717, 1.165) is 0 Å². The number of nitrogens with one attached hydrogen (secondary N) is 1. The maximum absolute atomic E-state index is 3.29. The summed E-state index contributed by atoms with van der Waals surface area (Å²) in [6.45, 7) is 7.11. The van der Waals surface area contributed by atoms with Gasteiger partial charge in [-0.3, -0.25) is 4.98 Å². The summed E-state index contributed by atoms with van der Waals surface area (Å²) in [5.74, 6) is 1.33. The van der Waals surface area contributed by atoms with Crippen LogP contribution in [-0.2, 0) is 6.42 Å². The molecule has 1 heterocycles. The Morgan fingerprint density at radius 1 is 0.667 bits per heavy atom. The van der Waals surface area contributed by atoms with Crippen LogP contribution in [0.2, 0.25) is 0 Å². The van der Waals surface area contributed by atoms with E-state index in [1.807, 2.05) is 0 Å². The summed E-state index contributed by atoms with van der Waals surface area (Å²) in [6.07, 6.45) is 33.4. The van der Waals surface area contributed by atoms with Crippen LogP contribution in [0.3, 0.4) is 0 Å². The highest BCUT2D eigenvalue weighted by atomic mass is 15.1. The molecule has 0 amide bonds. The normalized spacial score (nSPS) is 13.3. The standard InChI is InChI=1S/C34H58N2/c1-4-5-6-7-8-9-10-11-12-13-14-15-16-17-18-19-23-26-34(36-28-27-35-30-36)33(31(2)3)29-32-24-21-20-22-25-32/h20-22,24-25,27-28,30-31,33-34H,4-19,23,26,29H2,1-3H3/p+1. The first kappa shape index (κ1) is 30.7. The molecule has 2 aromatic rings. The molecule has 1 aromatic carbocycles. The Balaban J connectivity index is 1.54. The summed E-state index contributed by atoms with van der Waals surface area (Å²) in [7, 11) is 0. The van der Waals surface area contributed by atoms with Crippen LogP contribution in [0.25, 0.3) is 0 Å². The van der Waals surface area contributed by atoms with Crippen LogP contribution in [0.1, 0.15) is 148 Å². The van der Waals surface area contributed by atoms with E-state index in [9.17, 15) is 0 Å². The average Bonchev–Trinajstić information content (AvgIpc) is 3.42. The molecular formula is C34H59N2+. The highest BCUT2D eigenvalue weighted by Gasteiger charge is 2.29. The lowest BCUT2D eigenvalue weighted by atomic mass is 9.81. The number of hydrogen-bond acceptors (Lipinski definition) is 0. The fraction of sp³-hybridized carbons (Fsp3) is 0.735. The Kier molecular flexibility index (Phi) is 17.4. The maximum atomic E-state index is 3.29. The van der Waals surface area contributed by atoms with Crippen LogP contribution >= 0.6 is 0 Å². The molecule has 2 rings (SSSR count). The van der Waals surface area contributed by atoms with Gasteiger partial charge in [-0.2, -0.15) is 0 Å². The van der Waals surface area contributed by atoms with Gasteiger partial charge in [0.1, 0.15) is 18.4 Å². The van der Waals surface area contributed by atoms with E-state index in [1.165, 1.54) is 128 Å². The van der Waals surface area contributed by atoms with Gasteiger partial charge >= 0.3 is 0 Å². The molecule has 0 radical (unpaired) electrons. The van der Waals surface area contributed by atoms with Crippen LogP contribution in [0.15, 0.2) is 49.1 Å². The number of unbranched alkanes of at least 4 members (excludes halogenated alkanes) is 16. The van der Waals surface area contributed by atoms with Crippen molar-refractivity contribution in [1.29, 1.82) is 0 Å². The highest BCUT2D eigenvalue weighted by molar-refractivity contribution is 5.15. The molecule has 0 spiro atoms. The number of aromatic nitrogens is 2. The van der Waals surface area contributed by atoms with Crippen molar-refractivity contribution in [3.8, 4) is 0 Å². The quantitative estimate of drug-likeness (QED) is 0.117. The predicted molar refractivity (Wildman–Crippen MR) is 157 cm³/mol. The van der Waals surface area contributed by atoms with Gasteiger partial charge in [0.15, 0.2) is 0 Å². The fourth-order valence-electron chi connectivity index (χ4n) is 5.87. The Morgan fingerprint density at radius 2 is 1.17 bits per heavy atom. The molecule has 0 aliphatic heterocycles. The van der Waals surface area contributed by atoms with Gasteiger partial charge < -0.3 is 0 Å². The van der Waals surface area contributed by atoms with Crippen molar-refractivity contribution in [2.75, 3.05) is 0 Å². The van der Waals surface area contributed by atoms with Crippen molar-refractivity contribution < 1.29 is 4.57 Å². The Hall–Kier alpha value is -1.57. The van der Waals surface area contributed by atoms with Gasteiger partial charge in [0.25, 0.3) is 0 Å². The summed E-state index contributed by atoms with van der Waals surface area (Å²) in [5.41, 5.74) is 1.47. The number of imidazole rings is 1. The van der Waals surface area contributed by atoms with Gasteiger partial charge in [-0.15, -0.1) is 0 Å². The molecule has 0 saturated heterocycles. The van der Waals surface area contributed by atoms with E-state index < -0.39 is 0 Å². The molecule has 1 aromatic heterocycles. The summed E-state index contributed by atoms with van der Waals surface area (Å²) in [4.78, 5) is 3.29. The maximum Gasteiger partial charge on any atom is 0.241 e. The van der Waals surface area contributed by atoms with E-state index in [4.69, 9.17) is 0 Å². The second-order valence-electron chi connectivity index (χ2n) is 11.7. The lowest BCUT2D eigenvalue weighted by Crippen LogP contribution is -2.44. The third-order valence-electron chi connectivity index (χ3n) is 8.22. The van der Waals surface area contributed by atoms with Crippen molar-refractivity contribution in [2.24, 2.45) is 11.8 Å². The topological polar surface area (TPSA) is 19.7 Å². The van der Waals surface area contributed by atoms with Gasteiger partial charge in [-0.25, -0.2) is 4.57 Å². The number of aromatic amines is 1. The third-order valence-corrected chi connectivity index (χ3v) is 8.22. The molecule has 0 saturated carbocycles. The van der Waals surface area contributed by atoms with Crippen LogP contribution in [0, 0.1) is 11.8 Å². The summed E-state index contributed by atoms with van der Waals surface area (Å²) in [6, 6.07) is 11.7. The second-order valence-corrected chi connectivity index (χ2v) is 11.7. The predicted octanol–water partition coefficient (Wildman–Crippen LogP) is 10.4. The van der Waals surface area contributed by atoms with Crippen LogP contribution < -0.4 is 4.57 Å². The molecule has 0 fully saturated rings. The summed E-state index contributed by atoms with van der Waals surface area (Å²) >= 11 is 0. The first-order chi connectivity index (χ1) is 17.7. The minimum absolute atomic E-state index is 0.577. The second kappa shape index (κ2) is 20.5. The van der Waals surface area contributed by atoms with Gasteiger partial charge in [-0.05, 0) is 30.7 Å². The van der Waals surface area contributed by atoms with Gasteiger partial charge in [0, 0.05) is 5.92 Å². The first-order valence-electron chi connectivity index (χ1n) is 15.8. The van der Waals surface area contributed by atoms with Crippen LogP contribution in [0.4, 0.5) is 0 Å². The molecule has 0 aliphatic rings. The molecule has 2 atom stereocenters. The lowest BCUT2D eigenvalue weighted by Gasteiger charge is -2.28. The number of H-pyrrole nitrogens is 1. The van der Waals surface area contributed by atoms with E-state index in [0.29, 0.717) is 17.9 Å². The fourth-order valence-corrected chi connectivity index (χ4v) is 5.87. The van der Waals surface area contributed by atoms with Crippen LogP contribution in [-0.4, -0.2) is 4.98 Å². The molecule has 2 unspecified atom stereocenters. The largest absolute Gasteiger partial charge is 0.250 e. The van der Waals surface area contributed by atoms with Crippen molar-refractivity contribution >= 4 is 0 Å². The van der Waals surface area contributed by atoms with Gasteiger partial charge in [-0.1, -0.05) is 154 Å². The lowest BCUT2D eigenvalue weighted by molar-refractivity contribution is -0.731. The van der Waals surface area contributed by atoms with E-state index in [-0.39, 0.29) is 0 Å². The molecule has 36 heavy (non-hydrogen) atoms. The van der Waals surface area contributed by atoms with Crippen molar-refractivity contribution in [3.63, 3.8) is 0 Å². The average molecular weight is 496 g/mol. The monoisotopic (exact) mass is 495 g/mol. The molecule has 2 nitrogen and oxygen atoms in total. The Labute approximate surface area is 224 Å². The zero-order chi connectivity index (χ0) is 25.7. The van der Waals surface area contributed by atoms with E-state index in [2.05, 4.69) is 79.4 Å². The van der Waals surface area contributed by atoms with E-state index in [1.54, 1.807) is 0 Å². The number of nitrogens with zero attached hydrogens (tertiary/aromatic N) is 1. The third kappa shape index (κ3) is 13.7. The molecular weight excluding hydrogens is 436 g/mol. The summed E-state index contributed by atoms with van der Waals surface area (Å²) < 4.78 is 2.44. The number of hydrogen-bond donors (Lipinski definition) is 1. The summed E-state index contributed by atoms with van der Waals surface area (Å²) in [5, 5.41) is 0. The Morgan fingerprint density at radius 3 is 1.61 bits per heavy atom. The van der Waals surface area contributed by atoms with Gasteiger partial charge in [0.2, 0.25) is 6.33 Å². The van der Waals surface area contributed by atoms with Crippen molar-refractivity contribution in [2.45, 2.75) is 149 Å². The molecule has 1 N–H and O–H groups in total. The number of rotatable bonds is 23. The smallest absolute Gasteiger partial charge is 0.241 e. The van der Waals surface area contributed by atoms with Crippen LogP contribution in [0.5, 0.6) is 0 Å². The SMILES string of the molecule is CCCCCCCCCCCCCCCCCCCC(C(Cc1ccccc1)C(C)C)[n+]1cc[nH]c1. The molecule has 0 bridgehead atoms. The molecule has 204 valence electrons. The highest BCUT2D eigenvalue weighted by Crippen LogP contribution is 2.30. The van der Waals surface area contributed by atoms with Crippen molar-refractivity contribution in [3.05, 3.63) is 54.6 Å². The zero-order valence-corrected chi connectivity index (χ0v) is 24.2. The van der Waals surface area contributed by atoms with Gasteiger partial charge in [0.05, 0.1) is 0 Å². The molecule has 0 aliphatic carbocycles. The minimum atomic E-state index is 0.577. The minimum Gasteiger partial charge on any atom is -0.250 e. The first-order valence-corrected chi connectivity index (χ1v) is 15.8.